The third-order valence-corrected chi connectivity index (χ3v) is 2.86. The highest BCUT2D eigenvalue weighted by Gasteiger charge is 2.28. The maximum atomic E-state index is 9.21. The summed E-state index contributed by atoms with van der Waals surface area (Å²) in [7, 11) is 0. The molecule has 1 saturated carbocycles. The van der Waals surface area contributed by atoms with Crippen LogP contribution in [0.1, 0.15) is 26.7 Å². The van der Waals surface area contributed by atoms with E-state index >= 15 is 0 Å². The second-order valence-corrected chi connectivity index (χ2v) is 4.14. The molecule has 0 bridgehead atoms. The van der Waals surface area contributed by atoms with Crippen molar-refractivity contribution in [2.45, 2.75) is 38.8 Å². The summed E-state index contributed by atoms with van der Waals surface area (Å²) in [5, 5.41) is 9.21. The van der Waals surface area contributed by atoms with E-state index in [-0.39, 0.29) is 18.7 Å². The van der Waals surface area contributed by atoms with Gasteiger partial charge in [0.1, 0.15) is 0 Å². The van der Waals surface area contributed by atoms with Crippen molar-refractivity contribution in [3.63, 3.8) is 0 Å². The first-order valence-corrected chi connectivity index (χ1v) is 5.29. The lowest BCUT2D eigenvalue weighted by molar-refractivity contribution is 0.108. The van der Waals surface area contributed by atoms with E-state index in [1.54, 1.807) is 0 Å². The Labute approximate surface area is 80.9 Å². The lowest BCUT2D eigenvalue weighted by Gasteiger charge is -2.31. The van der Waals surface area contributed by atoms with Crippen LogP contribution in [0.5, 0.6) is 0 Å². The summed E-state index contributed by atoms with van der Waals surface area (Å²) in [6.07, 6.45) is 2.71. The smallest absolute Gasteiger partial charge is 0.0601 e. The van der Waals surface area contributed by atoms with Gasteiger partial charge in [0.25, 0.3) is 0 Å². The van der Waals surface area contributed by atoms with E-state index in [2.05, 4.69) is 11.8 Å². The van der Waals surface area contributed by atoms with E-state index in [9.17, 15) is 5.11 Å². The number of likely N-dealkylation sites (N-methyl/N-ethyl adjacent to an activating group) is 1. The molecule has 1 fully saturated rings. The second-order valence-electron chi connectivity index (χ2n) is 4.14. The highest BCUT2D eigenvalue weighted by atomic mass is 16.3. The SMILES string of the molecule is CCN(CC1CC1)C(CO)C(C)N. The van der Waals surface area contributed by atoms with Gasteiger partial charge in [0, 0.05) is 18.6 Å². The van der Waals surface area contributed by atoms with Crippen LogP contribution >= 0.6 is 0 Å². The number of hydrogen-bond donors (Lipinski definition) is 2. The zero-order chi connectivity index (χ0) is 9.84. The molecule has 3 heteroatoms. The lowest BCUT2D eigenvalue weighted by atomic mass is 10.1. The van der Waals surface area contributed by atoms with Crippen molar-refractivity contribution in [2.24, 2.45) is 11.7 Å². The van der Waals surface area contributed by atoms with Crippen LogP contribution in [-0.2, 0) is 0 Å². The highest BCUT2D eigenvalue weighted by Crippen LogP contribution is 2.30. The van der Waals surface area contributed by atoms with Crippen LogP contribution in [0.15, 0.2) is 0 Å². The van der Waals surface area contributed by atoms with Crippen molar-refractivity contribution >= 4 is 0 Å². The molecule has 3 N–H and O–H groups in total. The molecule has 2 atom stereocenters. The van der Waals surface area contributed by atoms with Gasteiger partial charge in [0.15, 0.2) is 0 Å². The van der Waals surface area contributed by atoms with Crippen molar-refractivity contribution < 1.29 is 5.11 Å². The largest absolute Gasteiger partial charge is 0.395 e. The summed E-state index contributed by atoms with van der Waals surface area (Å²) in [4.78, 5) is 2.31. The Morgan fingerprint density at radius 2 is 2.15 bits per heavy atom. The Morgan fingerprint density at radius 1 is 1.54 bits per heavy atom. The summed E-state index contributed by atoms with van der Waals surface area (Å²) in [5.41, 5.74) is 5.82. The van der Waals surface area contributed by atoms with Crippen molar-refractivity contribution in [2.75, 3.05) is 19.7 Å². The van der Waals surface area contributed by atoms with Gasteiger partial charge < -0.3 is 10.8 Å². The van der Waals surface area contributed by atoms with Crippen LogP contribution in [0, 0.1) is 5.92 Å². The lowest BCUT2D eigenvalue weighted by Crippen LogP contribution is -2.49. The fourth-order valence-electron chi connectivity index (χ4n) is 1.75. The predicted octanol–water partition coefficient (Wildman–Crippen LogP) is 0.426. The van der Waals surface area contributed by atoms with Gasteiger partial charge in [0.2, 0.25) is 0 Å². The summed E-state index contributed by atoms with van der Waals surface area (Å²) >= 11 is 0. The zero-order valence-corrected chi connectivity index (χ0v) is 8.74. The average molecular weight is 186 g/mol. The van der Waals surface area contributed by atoms with Crippen LogP contribution < -0.4 is 5.73 Å². The number of hydrogen-bond acceptors (Lipinski definition) is 3. The molecule has 0 aromatic carbocycles. The summed E-state index contributed by atoms with van der Waals surface area (Å²) in [6, 6.07) is 0.203. The van der Waals surface area contributed by atoms with Gasteiger partial charge in [-0.05, 0) is 32.2 Å². The van der Waals surface area contributed by atoms with Gasteiger partial charge in [-0.3, -0.25) is 4.90 Å². The minimum absolute atomic E-state index is 0.0590. The summed E-state index contributed by atoms with van der Waals surface area (Å²) < 4.78 is 0. The molecule has 0 heterocycles. The fraction of sp³-hybridized carbons (Fsp3) is 1.00. The zero-order valence-electron chi connectivity index (χ0n) is 8.74. The predicted molar refractivity (Wildman–Crippen MR) is 54.5 cm³/mol. The quantitative estimate of drug-likeness (QED) is 0.632. The third-order valence-electron chi connectivity index (χ3n) is 2.86. The van der Waals surface area contributed by atoms with E-state index in [1.165, 1.54) is 12.8 Å². The Morgan fingerprint density at radius 3 is 2.46 bits per heavy atom. The van der Waals surface area contributed by atoms with E-state index < -0.39 is 0 Å². The van der Waals surface area contributed by atoms with Crippen LogP contribution in [0.4, 0.5) is 0 Å². The maximum absolute atomic E-state index is 9.21. The molecule has 0 saturated heterocycles. The first-order valence-electron chi connectivity index (χ1n) is 5.29. The molecule has 3 nitrogen and oxygen atoms in total. The Hall–Kier alpha value is -0.120. The normalized spacial score (nSPS) is 21.9. The molecule has 0 amide bonds. The van der Waals surface area contributed by atoms with Gasteiger partial charge in [-0.25, -0.2) is 0 Å². The fourth-order valence-corrected chi connectivity index (χ4v) is 1.75. The molecule has 1 rings (SSSR count). The van der Waals surface area contributed by atoms with E-state index in [0.29, 0.717) is 0 Å². The van der Waals surface area contributed by atoms with Crippen molar-refractivity contribution in [3.05, 3.63) is 0 Å². The molecule has 0 aromatic heterocycles. The van der Waals surface area contributed by atoms with Crippen molar-refractivity contribution in [3.8, 4) is 0 Å². The molecular weight excluding hydrogens is 164 g/mol. The number of rotatable bonds is 6. The second kappa shape index (κ2) is 4.94. The molecule has 0 spiro atoms. The average Bonchev–Trinajstić information content (AvgIpc) is 2.87. The molecule has 0 aromatic rings. The molecular formula is C10H22N2O. The molecule has 13 heavy (non-hydrogen) atoms. The molecule has 1 aliphatic rings. The van der Waals surface area contributed by atoms with Gasteiger partial charge in [0.05, 0.1) is 6.61 Å². The number of nitrogens with two attached hydrogens (primary N) is 1. The number of nitrogens with zero attached hydrogens (tertiary/aromatic N) is 1. The van der Waals surface area contributed by atoms with E-state index in [4.69, 9.17) is 5.73 Å². The van der Waals surface area contributed by atoms with Gasteiger partial charge in [-0.15, -0.1) is 0 Å². The summed E-state index contributed by atoms with van der Waals surface area (Å²) in [5.74, 6) is 0.868. The Kier molecular flexibility index (Phi) is 4.16. The molecule has 0 radical (unpaired) electrons. The summed E-state index contributed by atoms with van der Waals surface area (Å²) in [6.45, 7) is 6.38. The third kappa shape index (κ3) is 3.25. The number of aliphatic hydroxyl groups excluding tert-OH is 1. The maximum Gasteiger partial charge on any atom is 0.0601 e. The van der Waals surface area contributed by atoms with E-state index in [1.807, 2.05) is 6.92 Å². The first kappa shape index (κ1) is 11.0. The van der Waals surface area contributed by atoms with Crippen molar-refractivity contribution in [1.82, 2.24) is 4.90 Å². The standard InChI is InChI=1S/C10H22N2O/c1-3-12(6-9-4-5-9)10(7-13)8(2)11/h8-10,13H,3-7,11H2,1-2H3. The van der Waals surface area contributed by atoms with Gasteiger partial charge in [-0.2, -0.15) is 0 Å². The molecule has 78 valence electrons. The van der Waals surface area contributed by atoms with E-state index in [0.717, 1.165) is 19.0 Å². The van der Waals surface area contributed by atoms with Crippen LogP contribution in [0.2, 0.25) is 0 Å². The molecule has 1 aliphatic carbocycles. The van der Waals surface area contributed by atoms with Gasteiger partial charge >= 0.3 is 0 Å². The van der Waals surface area contributed by atoms with Gasteiger partial charge in [-0.1, -0.05) is 6.92 Å². The molecule has 2 unspecified atom stereocenters. The minimum Gasteiger partial charge on any atom is -0.395 e. The monoisotopic (exact) mass is 186 g/mol. The Balaban J connectivity index is 2.39. The minimum atomic E-state index is 0.0590. The first-order chi connectivity index (χ1) is 6.19. The van der Waals surface area contributed by atoms with Crippen LogP contribution in [0.25, 0.3) is 0 Å². The Bertz CT molecular complexity index is 146. The molecule has 0 aliphatic heterocycles. The van der Waals surface area contributed by atoms with Crippen LogP contribution in [0.3, 0.4) is 0 Å². The number of aliphatic hydroxyl groups is 1. The van der Waals surface area contributed by atoms with Crippen LogP contribution in [-0.4, -0.2) is 41.8 Å². The topological polar surface area (TPSA) is 49.5 Å². The highest BCUT2D eigenvalue weighted by molar-refractivity contribution is 4.83. The van der Waals surface area contributed by atoms with Crippen molar-refractivity contribution in [1.29, 1.82) is 0 Å².